The van der Waals surface area contributed by atoms with Crippen LogP contribution in [-0.2, 0) is 4.74 Å². The number of morpholine rings is 1. The van der Waals surface area contributed by atoms with Gasteiger partial charge >= 0.3 is 0 Å². The Morgan fingerprint density at radius 3 is 3.18 bits per heavy atom. The molecule has 22 heavy (non-hydrogen) atoms. The molecule has 2 N–H and O–H groups in total. The number of carbonyl (C=O) groups excluding carboxylic acids is 1. The van der Waals surface area contributed by atoms with Gasteiger partial charge in [0.25, 0.3) is 5.91 Å². The summed E-state index contributed by atoms with van der Waals surface area (Å²) < 4.78 is 5.76. The van der Waals surface area contributed by atoms with Crippen molar-refractivity contribution in [3.8, 4) is 0 Å². The van der Waals surface area contributed by atoms with Crippen LogP contribution in [0.4, 0.5) is 0 Å². The summed E-state index contributed by atoms with van der Waals surface area (Å²) in [6.07, 6.45) is 3.39. The van der Waals surface area contributed by atoms with Crippen LogP contribution in [0.5, 0.6) is 0 Å². The van der Waals surface area contributed by atoms with E-state index in [1.54, 1.807) is 18.3 Å². The summed E-state index contributed by atoms with van der Waals surface area (Å²) in [5.41, 5.74) is 1.39. The normalized spacial score (nSPS) is 28.4. The summed E-state index contributed by atoms with van der Waals surface area (Å²) in [5, 5.41) is 12.1. The largest absolute Gasteiger partial charge is 0.396 e. The number of amides is 1. The van der Waals surface area contributed by atoms with Gasteiger partial charge < -0.3 is 15.2 Å². The highest BCUT2D eigenvalue weighted by Gasteiger charge is 2.37. The van der Waals surface area contributed by atoms with Crippen LogP contribution < -0.4 is 5.32 Å². The number of nitrogens with one attached hydrogen (secondary N) is 1. The number of fused-ring (bicyclic) bond motifs is 1. The third-order valence-electron chi connectivity index (χ3n) is 4.53. The number of ether oxygens (including phenoxy) is 1. The topological polar surface area (TPSA) is 74.7 Å². The van der Waals surface area contributed by atoms with E-state index in [9.17, 15) is 4.79 Å². The van der Waals surface area contributed by atoms with Crippen molar-refractivity contribution in [1.82, 2.24) is 15.2 Å². The number of aromatic nitrogens is 1. The maximum atomic E-state index is 12.4. The Labute approximate surface area is 130 Å². The van der Waals surface area contributed by atoms with Gasteiger partial charge in [0.2, 0.25) is 0 Å². The van der Waals surface area contributed by atoms with Crippen molar-refractivity contribution in [2.75, 3.05) is 26.3 Å². The third kappa shape index (κ3) is 3.29. The quantitative estimate of drug-likeness (QED) is 0.839. The zero-order valence-electron chi connectivity index (χ0n) is 12.9. The zero-order valence-corrected chi connectivity index (χ0v) is 12.9. The molecule has 0 aromatic carbocycles. The Morgan fingerprint density at radius 2 is 2.41 bits per heavy atom. The van der Waals surface area contributed by atoms with Crippen molar-refractivity contribution in [3.63, 3.8) is 0 Å². The summed E-state index contributed by atoms with van der Waals surface area (Å²) in [5.74, 6) is -0.0525. The number of carbonyl (C=O) groups is 1. The van der Waals surface area contributed by atoms with Gasteiger partial charge in [-0.15, -0.1) is 0 Å². The summed E-state index contributed by atoms with van der Waals surface area (Å²) in [6.45, 7) is 4.37. The average molecular weight is 305 g/mol. The smallest absolute Gasteiger partial charge is 0.253 e. The monoisotopic (exact) mass is 305 g/mol. The molecule has 0 aliphatic carbocycles. The van der Waals surface area contributed by atoms with Crippen molar-refractivity contribution in [3.05, 3.63) is 29.6 Å². The van der Waals surface area contributed by atoms with Crippen molar-refractivity contribution in [1.29, 1.82) is 0 Å². The molecule has 2 fully saturated rings. The Kier molecular flexibility index (Phi) is 4.71. The Bertz CT molecular complexity index is 537. The van der Waals surface area contributed by atoms with Crippen LogP contribution in [0.3, 0.4) is 0 Å². The molecule has 2 saturated heterocycles. The molecule has 0 spiro atoms. The molecule has 2 aliphatic heterocycles. The van der Waals surface area contributed by atoms with Gasteiger partial charge in [-0.1, -0.05) is 0 Å². The van der Waals surface area contributed by atoms with E-state index >= 15 is 0 Å². The second kappa shape index (κ2) is 6.73. The van der Waals surface area contributed by atoms with Gasteiger partial charge in [-0.2, -0.15) is 0 Å². The summed E-state index contributed by atoms with van der Waals surface area (Å²) in [6, 6.07) is 4.11. The molecule has 3 heterocycles. The molecular formula is C16H23N3O3. The van der Waals surface area contributed by atoms with Crippen LogP contribution in [0, 0.1) is 6.92 Å². The molecule has 3 atom stereocenters. The highest BCUT2D eigenvalue weighted by molar-refractivity contribution is 5.95. The first-order valence-corrected chi connectivity index (χ1v) is 7.86. The van der Waals surface area contributed by atoms with Gasteiger partial charge in [0, 0.05) is 43.7 Å². The fourth-order valence-electron chi connectivity index (χ4n) is 3.35. The van der Waals surface area contributed by atoms with Gasteiger partial charge in [-0.3, -0.25) is 14.7 Å². The Morgan fingerprint density at radius 1 is 1.55 bits per heavy atom. The summed E-state index contributed by atoms with van der Waals surface area (Å²) in [4.78, 5) is 18.9. The number of aryl methyl sites for hydroxylation is 1. The van der Waals surface area contributed by atoms with Crippen LogP contribution in [0.25, 0.3) is 0 Å². The average Bonchev–Trinajstić information content (AvgIpc) is 2.89. The minimum Gasteiger partial charge on any atom is -0.396 e. The number of hydrogen-bond acceptors (Lipinski definition) is 5. The van der Waals surface area contributed by atoms with Gasteiger partial charge in [0.05, 0.1) is 18.3 Å². The molecule has 6 heteroatoms. The van der Waals surface area contributed by atoms with Gasteiger partial charge in [-0.05, 0) is 31.9 Å². The van der Waals surface area contributed by atoms with Gasteiger partial charge in [0.15, 0.2) is 0 Å². The summed E-state index contributed by atoms with van der Waals surface area (Å²) in [7, 11) is 0. The number of aliphatic hydroxyl groups excluding tert-OH is 1. The number of hydrogen-bond donors (Lipinski definition) is 2. The first-order valence-electron chi connectivity index (χ1n) is 7.86. The predicted octanol–water partition coefficient (Wildman–Crippen LogP) is 0.344. The lowest BCUT2D eigenvalue weighted by atomic mass is 10.1. The first kappa shape index (κ1) is 15.4. The lowest BCUT2D eigenvalue weighted by Crippen LogP contribution is -2.46. The minimum atomic E-state index is -0.0525. The molecule has 0 radical (unpaired) electrons. The van der Waals surface area contributed by atoms with E-state index in [1.807, 2.05) is 6.92 Å². The van der Waals surface area contributed by atoms with Crippen LogP contribution in [0.2, 0.25) is 0 Å². The van der Waals surface area contributed by atoms with Crippen molar-refractivity contribution in [2.45, 2.75) is 38.0 Å². The fraction of sp³-hybridized carbons (Fsp3) is 0.625. The van der Waals surface area contributed by atoms with Crippen LogP contribution in [0.15, 0.2) is 18.3 Å². The van der Waals surface area contributed by atoms with Crippen molar-refractivity contribution < 1.29 is 14.6 Å². The molecule has 6 nitrogen and oxygen atoms in total. The summed E-state index contributed by atoms with van der Waals surface area (Å²) >= 11 is 0. The molecule has 2 aliphatic rings. The molecule has 0 unspecified atom stereocenters. The second-order valence-electron chi connectivity index (χ2n) is 6.12. The maximum absolute atomic E-state index is 12.4. The second-order valence-corrected chi connectivity index (χ2v) is 6.12. The molecule has 1 amide bonds. The van der Waals surface area contributed by atoms with Gasteiger partial charge in [-0.25, -0.2) is 0 Å². The lowest BCUT2D eigenvalue weighted by molar-refractivity contribution is -0.0566. The van der Waals surface area contributed by atoms with E-state index in [1.165, 1.54) is 0 Å². The molecule has 0 bridgehead atoms. The predicted molar refractivity (Wildman–Crippen MR) is 81.6 cm³/mol. The van der Waals surface area contributed by atoms with Crippen LogP contribution >= 0.6 is 0 Å². The van der Waals surface area contributed by atoms with Gasteiger partial charge in [0.1, 0.15) is 0 Å². The van der Waals surface area contributed by atoms with E-state index in [0.717, 1.165) is 25.2 Å². The van der Waals surface area contributed by atoms with Crippen LogP contribution in [-0.4, -0.2) is 65.4 Å². The lowest BCUT2D eigenvalue weighted by Gasteiger charge is -2.34. The Hall–Kier alpha value is -1.50. The van der Waals surface area contributed by atoms with E-state index in [0.29, 0.717) is 24.6 Å². The minimum absolute atomic E-state index is 0.0525. The molecule has 0 saturated carbocycles. The molecule has 1 aromatic heterocycles. The standard InChI is InChI=1S/C16H23N3O3/c1-11-15(3-2-5-17-11)16(21)18-12-7-13-10-22-14(4-6-20)9-19(13)8-12/h2-3,5,12-14,20H,4,6-10H2,1H3,(H,18,21)/t12-,13+,14+/m1/s1. The first-order chi connectivity index (χ1) is 10.7. The third-order valence-corrected chi connectivity index (χ3v) is 4.53. The molecular weight excluding hydrogens is 282 g/mol. The number of aliphatic hydroxyl groups is 1. The highest BCUT2D eigenvalue weighted by Crippen LogP contribution is 2.24. The zero-order chi connectivity index (χ0) is 15.5. The highest BCUT2D eigenvalue weighted by atomic mass is 16.5. The van der Waals surface area contributed by atoms with E-state index in [-0.39, 0.29) is 24.7 Å². The van der Waals surface area contributed by atoms with E-state index < -0.39 is 0 Å². The van der Waals surface area contributed by atoms with E-state index in [2.05, 4.69) is 15.2 Å². The number of nitrogens with zero attached hydrogens (tertiary/aromatic N) is 2. The molecule has 120 valence electrons. The SMILES string of the molecule is Cc1ncccc1C(=O)N[C@@H]1C[C@H]2CO[C@@H](CCO)CN2C1. The molecule has 3 rings (SSSR count). The van der Waals surface area contributed by atoms with Crippen molar-refractivity contribution in [2.24, 2.45) is 0 Å². The van der Waals surface area contributed by atoms with Crippen molar-refractivity contribution >= 4 is 5.91 Å². The maximum Gasteiger partial charge on any atom is 0.253 e. The molecule has 1 aromatic rings. The fourth-order valence-corrected chi connectivity index (χ4v) is 3.35. The Balaban J connectivity index is 1.57. The van der Waals surface area contributed by atoms with E-state index in [4.69, 9.17) is 9.84 Å². The number of rotatable bonds is 4. The van der Waals surface area contributed by atoms with Crippen LogP contribution in [0.1, 0.15) is 28.9 Å². The number of pyridine rings is 1.